The van der Waals surface area contributed by atoms with E-state index >= 15 is 0 Å². The summed E-state index contributed by atoms with van der Waals surface area (Å²) in [6.45, 7) is 0.736. The van der Waals surface area contributed by atoms with Crippen LogP contribution in [0.1, 0.15) is 18.1 Å². The predicted octanol–water partition coefficient (Wildman–Crippen LogP) is 1.19. The third kappa shape index (κ3) is 5.67. The number of carbonyl (C=O) groups is 1. The van der Waals surface area contributed by atoms with Crippen LogP contribution in [0.3, 0.4) is 0 Å². The van der Waals surface area contributed by atoms with Crippen molar-refractivity contribution in [3.05, 3.63) is 35.6 Å². The molecule has 1 rings (SSSR count). The molecule has 2 amide bonds. The fourth-order valence-electron chi connectivity index (χ4n) is 1.54. The number of benzene rings is 1. The van der Waals surface area contributed by atoms with Crippen LogP contribution in [0.4, 0.5) is 9.18 Å². The predicted molar refractivity (Wildman–Crippen MR) is 69.3 cm³/mol. The molecule has 106 valence electrons. The van der Waals surface area contributed by atoms with Crippen molar-refractivity contribution in [3.8, 4) is 0 Å². The second kappa shape index (κ2) is 8.44. The maximum absolute atomic E-state index is 12.8. The highest BCUT2D eigenvalue weighted by Crippen LogP contribution is 2.15. The van der Waals surface area contributed by atoms with Crippen LogP contribution in [0.15, 0.2) is 24.3 Å². The van der Waals surface area contributed by atoms with E-state index in [1.54, 1.807) is 12.1 Å². The lowest BCUT2D eigenvalue weighted by atomic mass is 10.1. The Bertz CT molecular complexity index is 384. The molecule has 0 aliphatic carbocycles. The summed E-state index contributed by atoms with van der Waals surface area (Å²) in [6, 6.07) is 5.62. The van der Waals surface area contributed by atoms with Gasteiger partial charge in [0.15, 0.2) is 0 Å². The van der Waals surface area contributed by atoms with Crippen LogP contribution in [0.5, 0.6) is 0 Å². The van der Waals surface area contributed by atoms with Crippen LogP contribution in [-0.4, -0.2) is 37.9 Å². The summed E-state index contributed by atoms with van der Waals surface area (Å²) in [5.74, 6) is -0.312. The van der Waals surface area contributed by atoms with Gasteiger partial charge in [0, 0.05) is 26.8 Å². The molecule has 1 unspecified atom stereocenters. The molecule has 0 heterocycles. The van der Waals surface area contributed by atoms with E-state index in [0.717, 1.165) is 5.56 Å². The third-order valence-corrected chi connectivity index (χ3v) is 2.59. The van der Waals surface area contributed by atoms with E-state index in [4.69, 9.17) is 9.84 Å². The molecule has 0 aromatic heterocycles. The number of aliphatic hydroxyl groups excluding tert-OH is 1. The van der Waals surface area contributed by atoms with Gasteiger partial charge in [-0.15, -0.1) is 0 Å². The summed E-state index contributed by atoms with van der Waals surface area (Å²) in [5, 5.41) is 13.8. The van der Waals surface area contributed by atoms with Gasteiger partial charge in [-0.1, -0.05) is 12.1 Å². The number of hydrogen-bond donors (Lipinski definition) is 3. The molecule has 1 aromatic rings. The summed E-state index contributed by atoms with van der Waals surface area (Å²) in [6.07, 6.45) is 0.184. The number of nitrogens with one attached hydrogen (secondary N) is 2. The summed E-state index contributed by atoms with van der Waals surface area (Å²) < 4.78 is 18.0. The monoisotopic (exact) mass is 270 g/mol. The van der Waals surface area contributed by atoms with Crippen LogP contribution >= 0.6 is 0 Å². The number of ether oxygens (including phenoxy) is 1. The maximum atomic E-state index is 12.8. The molecule has 0 saturated carbocycles. The number of halogens is 1. The fraction of sp³-hybridized carbons (Fsp3) is 0.462. The average Bonchev–Trinajstić information content (AvgIpc) is 2.41. The molecule has 0 bridgehead atoms. The molecule has 1 aromatic carbocycles. The Hall–Kier alpha value is -1.66. The van der Waals surface area contributed by atoms with E-state index < -0.39 is 0 Å². The first kappa shape index (κ1) is 15.4. The van der Waals surface area contributed by atoms with Crippen molar-refractivity contribution in [2.24, 2.45) is 0 Å². The molecule has 5 nitrogen and oxygen atoms in total. The van der Waals surface area contributed by atoms with E-state index in [0.29, 0.717) is 13.0 Å². The first-order chi connectivity index (χ1) is 9.17. The Kier molecular flexibility index (Phi) is 6.84. The van der Waals surface area contributed by atoms with E-state index in [2.05, 4.69) is 10.6 Å². The quantitative estimate of drug-likeness (QED) is 0.652. The van der Waals surface area contributed by atoms with E-state index in [9.17, 15) is 9.18 Å². The number of aliphatic hydroxyl groups is 1. The number of rotatable bonds is 7. The Morgan fingerprint density at radius 2 is 2.05 bits per heavy atom. The smallest absolute Gasteiger partial charge is 0.314 e. The van der Waals surface area contributed by atoms with Crippen LogP contribution in [0.2, 0.25) is 0 Å². The number of methoxy groups -OCH3 is 1. The number of amides is 2. The lowest BCUT2D eigenvalue weighted by molar-refractivity contribution is 0.104. The van der Waals surface area contributed by atoms with Crippen molar-refractivity contribution in [2.75, 3.05) is 26.8 Å². The Balaban J connectivity index is 2.40. The molecule has 0 spiro atoms. The van der Waals surface area contributed by atoms with Crippen molar-refractivity contribution < 1.29 is 19.0 Å². The van der Waals surface area contributed by atoms with Gasteiger partial charge in [0.2, 0.25) is 0 Å². The largest absolute Gasteiger partial charge is 0.396 e. The van der Waals surface area contributed by atoms with Gasteiger partial charge in [-0.2, -0.15) is 0 Å². The molecule has 3 N–H and O–H groups in total. The van der Waals surface area contributed by atoms with E-state index in [1.165, 1.54) is 19.2 Å². The summed E-state index contributed by atoms with van der Waals surface area (Å²) in [4.78, 5) is 11.4. The minimum absolute atomic E-state index is 0.0382. The van der Waals surface area contributed by atoms with E-state index in [1.807, 2.05) is 0 Å². The molecule has 0 radical (unpaired) electrons. The average molecular weight is 270 g/mol. The third-order valence-electron chi connectivity index (χ3n) is 2.59. The van der Waals surface area contributed by atoms with Crippen molar-refractivity contribution in [2.45, 2.75) is 12.5 Å². The van der Waals surface area contributed by atoms with Gasteiger partial charge in [0.05, 0.1) is 6.10 Å². The number of hydrogen-bond acceptors (Lipinski definition) is 3. The molecular formula is C13H19FN2O3. The Morgan fingerprint density at radius 3 is 2.63 bits per heavy atom. The molecule has 6 heteroatoms. The molecule has 0 fully saturated rings. The summed E-state index contributed by atoms with van der Waals surface area (Å²) in [5.41, 5.74) is 0.791. The Morgan fingerprint density at radius 1 is 1.37 bits per heavy atom. The minimum Gasteiger partial charge on any atom is -0.396 e. The van der Waals surface area contributed by atoms with E-state index in [-0.39, 0.29) is 31.1 Å². The summed E-state index contributed by atoms with van der Waals surface area (Å²) >= 11 is 0. The van der Waals surface area contributed by atoms with Crippen molar-refractivity contribution >= 4 is 6.03 Å². The maximum Gasteiger partial charge on any atom is 0.314 e. The van der Waals surface area contributed by atoms with Gasteiger partial charge in [0.1, 0.15) is 5.82 Å². The zero-order chi connectivity index (χ0) is 14.1. The van der Waals surface area contributed by atoms with Crippen molar-refractivity contribution in [1.82, 2.24) is 10.6 Å². The first-order valence-electron chi connectivity index (χ1n) is 6.08. The van der Waals surface area contributed by atoms with Crippen LogP contribution in [0.25, 0.3) is 0 Å². The second-order valence-electron chi connectivity index (χ2n) is 3.99. The Labute approximate surface area is 111 Å². The molecule has 1 atom stereocenters. The van der Waals surface area contributed by atoms with Gasteiger partial charge in [0.25, 0.3) is 0 Å². The zero-order valence-corrected chi connectivity index (χ0v) is 10.9. The molecule has 19 heavy (non-hydrogen) atoms. The van der Waals surface area contributed by atoms with Crippen LogP contribution in [0, 0.1) is 5.82 Å². The highest BCUT2D eigenvalue weighted by molar-refractivity contribution is 5.73. The van der Waals surface area contributed by atoms with Crippen molar-refractivity contribution in [1.29, 1.82) is 0 Å². The highest BCUT2D eigenvalue weighted by atomic mass is 19.1. The van der Waals surface area contributed by atoms with Gasteiger partial charge in [-0.05, 0) is 24.1 Å². The zero-order valence-electron chi connectivity index (χ0n) is 10.9. The lowest BCUT2D eigenvalue weighted by Gasteiger charge is -2.16. The van der Waals surface area contributed by atoms with Gasteiger partial charge < -0.3 is 20.5 Å². The SMILES string of the molecule is COC(CNC(=O)NCCCO)c1ccc(F)cc1. The number of urea groups is 1. The molecular weight excluding hydrogens is 251 g/mol. The van der Waals surface area contributed by atoms with Gasteiger partial charge in [-0.3, -0.25) is 0 Å². The molecule has 0 aliphatic rings. The van der Waals surface area contributed by atoms with Crippen LogP contribution < -0.4 is 10.6 Å². The molecule has 0 aliphatic heterocycles. The van der Waals surface area contributed by atoms with Gasteiger partial charge >= 0.3 is 6.03 Å². The lowest BCUT2D eigenvalue weighted by Crippen LogP contribution is -2.38. The minimum atomic E-state index is -0.329. The standard InChI is InChI=1S/C13H19FN2O3/c1-19-12(10-3-5-11(14)6-4-10)9-16-13(18)15-7-2-8-17/h3-6,12,17H,2,7-9H2,1H3,(H2,15,16,18). The number of carbonyl (C=O) groups excluding carboxylic acids is 1. The molecule has 0 saturated heterocycles. The normalized spacial score (nSPS) is 11.9. The second-order valence-corrected chi connectivity index (χ2v) is 3.99. The highest BCUT2D eigenvalue weighted by Gasteiger charge is 2.11. The van der Waals surface area contributed by atoms with Crippen molar-refractivity contribution in [3.63, 3.8) is 0 Å². The first-order valence-corrected chi connectivity index (χ1v) is 6.08. The van der Waals surface area contributed by atoms with Crippen LogP contribution in [-0.2, 0) is 4.74 Å². The fourth-order valence-corrected chi connectivity index (χ4v) is 1.54. The topological polar surface area (TPSA) is 70.6 Å². The summed E-state index contributed by atoms with van der Waals surface area (Å²) in [7, 11) is 1.53. The van der Waals surface area contributed by atoms with Gasteiger partial charge in [-0.25, -0.2) is 9.18 Å².